The van der Waals surface area contributed by atoms with Gasteiger partial charge in [-0.05, 0) is 49.8 Å². The maximum Gasteiger partial charge on any atom is 0.257 e. The van der Waals surface area contributed by atoms with Crippen LogP contribution in [0.15, 0.2) is 18.2 Å². The van der Waals surface area contributed by atoms with Crippen molar-refractivity contribution in [1.29, 1.82) is 0 Å². The number of hydrogen-bond donors (Lipinski definition) is 2. The molecule has 4 unspecified atom stereocenters. The Morgan fingerprint density at radius 2 is 2.06 bits per heavy atom. The standard InChI is InChI=1S/C23H28F2N6O2/c1-13-11-30(12-21-28-27-20(10-24)31(13)21)23(33)17-8-14(6-7-18(17)25)9-19-15-4-2-3-5-16(15)22(32)29-26-19/h6-8,13,15-16,19,26H,2-5,9-12H2,1H3,(H,29,32). The average Bonchev–Trinajstić information content (AvgIpc) is 3.25. The molecule has 3 heterocycles. The quantitative estimate of drug-likeness (QED) is 0.735. The molecule has 8 nitrogen and oxygen atoms in total. The van der Waals surface area contributed by atoms with E-state index in [0.717, 1.165) is 31.2 Å². The molecular weight excluding hydrogens is 430 g/mol. The van der Waals surface area contributed by atoms with Crippen LogP contribution in [0.1, 0.15) is 66.2 Å². The first kappa shape index (κ1) is 21.9. The van der Waals surface area contributed by atoms with Gasteiger partial charge in [0.05, 0.1) is 18.2 Å². The van der Waals surface area contributed by atoms with Gasteiger partial charge in [-0.25, -0.2) is 14.2 Å². The van der Waals surface area contributed by atoms with Crippen LogP contribution in [-0.2, 0) is 24.4 Å². The van der Waals surface area contributed by atoms with Crippen LogP contribution in [0.3, 0.4) is 0 Å². The number of nitrogens with zero attached hydrogens (tertiary/aromatic N) is 4. The van der Waals surface area contributed by atoms with Crippen molar-refractivity contribution in [2.75, 3.05) is 6.54 Å². The van der Waals surface area contributed by atoms with E-state index in [-0.39, 0.29) is 47.8 Å². The molecule has 1 aromatic carbocycles. The summed E-state index contributed by atoms with van der Waals surface area (Å²) in [6.07, 6.45) is 4.62. The average molecular weight is 459 g/mol. The van der Waals surface area contributed by atoms with Gasteiger partial charge in [0.2, 0.25) is 5.91 Å². The van der Waals surface area contributed by atoms with Crippen LogP contribution in [0, 0.1) is 17.7 Å². The molecule has 0 spiro atoms. The lowest BCUT2D eigenvalue weighted by molar-refractivity contribution is -0.133. The number of halogens is 2. The number of hydrazine groups is 1. The van der Waals surface area contributed by atoms with Crippen LogP contribution < -0.4 is 10.9 Å². The fourth-order valence-corrected chi connectivity index (χ4v) is 5.68. The van der Waals surface area contributed by atoms with Crippen LogP contribution in [-0.4, -0.2) is 44.1 Å². The molecule has 1 saturated carbocycles. The van der Waals surface area contributed by atoms with E-state index in [1.54, 1.807) is 16.7 Å². The Hall–Kier alpha value is -2.88. The Bertz CT molecular complexity index is 1070. The Morgan fingerprint density at radius 3 is 2.88 bits per heavy atom. The maximum atomic E-state index is 14.7. The first-order valence-electron chi connectivity index (χ1n) is 11.6. The van der Waals surface area contributed by atoms with E-state index < -0.39 is 18.4 Å². The van der Waals surface area contributed by atoms with E-state index in [9.17, 15) is 18.4 Å². The highest BCUT2D eigenvalue weighted by Crippen LogP contribution is 2.35. The third-order valence-corrected chi connectivity index (χ3v) is 7.27. The summed E-state index contributed by atoms with van der Waals surface area (Å²) >= 11 is 0. The van der Waals surface area contributed by atoms with E-state index in [2.05, 4.69) is 21.0 Å². The van der Waals surface area contributed by atoms with E-state index >= 15 is 0 Å². The van der Waals surface area contributed by atoms with Gasteiger partial charge in [0.25, 0.3) is 5.91 Å². The molecule has 2 amide bonds. The molecule has 3 aliphatic rings. The lowest BCUT2D eigenvalue weighted by Gasteiger charge is -2.41. The zero-order valence-electron chi connectivity index (χ0n) is 18.6. The molecule has 0 bridgehead atoms. The highest BCUT2D eigenvalue weighted by Gasteiger charge is 2.40. The molecule has 176 valence electrons. The second-order valence-electron chi connectivity index (χ2n) is 9.38. The molecule has 1 aliphatic carbocycles. The SMILES string of the molecule is CC1CN(C(=O)c2cc(CC3NNC(=O)C4CCCCC34)ccc2F)Cc2nnc(CF)n21. The van der Waals surface area contributed by atoms with Gasteiger partial charge in [-0.2, -0.15) is 0 Å². The number of fused-ring (bicyclic) bond motifs is 2. The number of aromatic nitrogens is 3. The topological polar surface area (TPSA) is 92.2 Å². The van der Waals surface area contributed by atoms with E-state index in [0.29, 0.717) is 18.8 Å². The molecule has 0 radical (unpaired) electrons. The lowest BCUT2D eigenvalue weighted by Crippen LogP contribution is -2.60. The molecule has 2 N–H and O–H groups in total. The number of carbonyl (C=O) groups excluding carboxylic acids is 2. The lowest BCUT2D eigenvalue weighted by atomic mass is 9.72. The van der Waals surface area contributed by atoms with Crippen molar-refractivity contribution in [3.8, 4) is 0 Å². The molecule has 1 saturated heterocycles. The predicted octanol–water partition coefficient (Wildman–Crippen LogP) is 2.46. The number of hydrogen-bond acceptors (Lipinski definition) is 5. The number of rotatable bonds is 4. The number of nitrogens with one attached hydrogen (secondary N) is 2. The summed E-state index contributed by atoms with van der Waals surface area (Å²) in [5.74, 6) is 0.0336. The Balaban J connectivity index is 1.34. The summed E-state index contributed by atoms with van der Waals surface area (Å²) in [6.45, 7) is 1.61. The molecule has 2 aliphatic heterocycles. The van der Waals surface area contributed by atoms with Crippen molar-refractivity contribution in [2.24, 2.45) is 11.8 Å². The minimum Gasteiger partial charge on any atom is -0.329 e. The zero-order chi connectivity index (χ0) is 23.1. The summed E-state index contributed by atoms with van der Waals surface area (Å²) in [5, 5.41) is 7.87. The van der Waals surface area contributed by atoms with Crippen molar-refractivity contribution < 1.29 is 18.4 Å². The van der Waals surface area contributed by atoms with Gasteiger partial charge in [0.15, 0.2) is 11.6 Å². The number of carbonyl (C=O) groups is 2. The highest BCUT2D eigenvalue weighted by molar-refractivity contribution is 5.94. The third kappa shape index (κ3) is 4.01. The summed E-state index contributed by atoms with van der Waals surface area (Å²) in [6, 6.07) is 4.48. The van der Waals surface area contributed by atoms with Gasteiger partial charge in [0.1, 0.15) is 12.5 Å². The van der Waals surface area contributed by atoms with Gasteiger partial charge in [-0.15, -0.1) is 10.2 Å². The highest BCUT2D eigenvalue weighted by atomic mass is 19.1. The molecule has 1 aromatic heterocycles. The van der Waals surface area contributed by atoms with Crippen molar-refractivity contribution in [2.45, 2.75) is 64.3 Å². The van der Waals surface area contributed by atoms with Crippen molar-refractivity contribution in [1.82, 2.24) is 30.5 Å². The van der Waals surface area contributed by atoms with E-state index in [4.69, 9.17) is 0 Å². The molecule has 5 rings (SSSR count). The van der Waals surface area contributed by atoms with Gasteiger partial charge in [0, 0.05) is 18.5 Å². The van der Waals surface area contributed by atoms with Crippen molar-refractivity contribution in [3.05, 3.63) is 46.8 Å². The fraction of sp³-hybridized carbons (Fsp3) is 0.565. The molecule has 4 atom stereocenters. The van der Waals surface area contributed by atoms with E-state index in [1.165, 1.54) is 11.0 Å². The third-order valence-electron chi connectivity index (χ3n) is 7.27. The Labute approximate surface area is 190 Å². The normalized spacial score (nSPS) is 27.0. The van der Waals surface area contributed by atoms with Crippen molar-refractivity contribution in [3.63, 3.8) is 0 Å². The van der Waals surface area contributed by atoms with Gasteiger partial charge in [-0.3, -0.25) is 15.0 Å². The van der Waals surface area contributed by atoms with E-state index in [1.807, 2.05) is 6.92 Å². The molecule has 33 heavy (non-hydrogen) atoms. The molecular formula is C23H28F2N6O2. The van der Waals surface area contributed by atoms with Crippen LogP contribution in [0.5, 0.6) is 0 Å². The Kier molecular flexibility index (Phi) is 5.86. The summed E-state index contributed by atoms with van der Waals surface area (Å²) < 4.78 is 29.6. The Morgan fingerprint density at radius 1 is 1.24 bits per heavy atom. The van der Waals surface area contributed by atoms with Crippen LogP contribution in [0.25, 0.3) is 0 Å². The summed E-state index contributed by atoms with van der Waals surface area (Å²) in [4.78, 5) is 27.0. The molecule has 10 heteroatoms. The fourth-order valence-electron chi connectivity index (χ4n) is 5.68. The van der Waals surface area contributed by atoms with Crippen molar-refractivity contribution >= 4 is 11.8 Å². The largest absolute Gasteiger partial charge is 0.329 e. The van der Waals surface area contributed by atoms with Crippen LogP contribution in [0.2, 0.25) is 0 Å². The number of amides is 2. The number of benzene rings is 1. The summed E-state index contributed by atoms with van der Waals surface area (Å²) in [5.41, 5.74) is 6.77. The van der Waals surface area contributed by atoms with Gasteiger partial charge >= 0.3 is 0 Å². The van der Waals surface area contributed by atoms with Crippen LogP contribution >= 0.6 is 0 Å². The smallest absolute Gasteiger partial charge is 0.257 e. The first-order chi connectivity index (χ1) is 16.0. The second-order valence-corrected chi connectivity index (χ2v) is 9.38. The summed E-state index contributed by atoms with van der Waals surface area (Å²) in [7, 11) is 0. The first-order valence-corrected chi connectivity index (χ1v) is 11.6. The minimum absolute atomic E-state index is 0.00736. The zero-order valence-corrected chi connectivity index (χ0v) is 18.6. The maximum absolute atomic E-state index is 14.7. The van der Waals surface area contributed by atoms with Gasteiger partial charge in [-0.1, -0.05) is 18.9 Å². The minimum atomic E-state index is -0.723. The molecule has 2 fully saturated rings. The monoisotopic (exact) mass is 458 g/mol. The van der Waals surface area contributed by atoms with Crippen LogP contribution in [0.4, 0.5) is 8.78 Å². The molecule has 2 aromatic rings. The second kappa shape index (κ2) is 8.81. The number of alkyl halides is 1. The predicted molar refractivity (Wildman–Crippen MR) is 115 cm³/mol. The van der Waals surface area contributed by atoms with Gasteiger partial charge < -0.3 is 9.47 Å².